The second-order valence-corrected chi connectivity index (χ2v) is 8.83. The third-order valence-corrected chi connectivity index (χ3v) is 7.08. The zero-order chi connectivity index (χ0) is 21.8. The largest absolute Gasteiger partial charge is 0.497 e. The van der Waals surface area contributed by atoms with Gasteiger partial charge in [0.05, 0.1) is 19.9 Å². The first kappa shape index (κ1) is 21.0. The second kappa shape index (κ2) is 8.86. The molecule has 9 nitrogen and oxygen atoms in total. The van der Waals surface area contributed by atoms with Crippen LogP contribution >= 0.6 is 0 Å². The predicted octanol–water partition coefficient (Wildman–Crippen LogP) is 2.07. The van der Waals surface area contributed by atoms with Crippen LogP contribution in [0.4, 0.5) is 5.82 Å². The molecule has 0 amide bonds. The molecule has 0 aliphatic carbocycles. The lowest BCUT2D eigenvalue weighted by atomic mass is 10.2. The Labute approximate surface area is 181 Å². The summed E-state index contributed by atoms with van der Waals surface area (Å²) in [4.78, 5) is 6.22. The SMILES string of the molecule is COc1ccc(OC)c(S(=O)(=O)N2CCN(c3ccc(-c4cccnc4)nn3)CC2)c1. The van der Waals surface area contributed by atoms with Gasteiger partial charge in [0.1, 0.15) is 16.4 Å². The molecule has 2 aromatic heterocycles. The predicted molar refractivity (Wildman–Crippen MR) is 116 cm³/mol. The number of rotatable bonds is 6. The summed E-state index contributed by atoms with van der Waals surface area (Å²) in [7, 11) is -0.778. The Morgan fingerprint density at radius 3 is 2.35 bits per heavy atom. The average molecular weight is 442 g/mol. The van der Waals surface area contributed by atoms with Crippen molar-refractivity contribution < 1.29 is 17.9 Å². The van der Waals surface area contributed by atoms with Gasteiger partial charge in [-0.15, -0.1) is 10.2 Å². The van der Waals surface area contributed by atoms with Gasteiger partial charge >= 0.3 is 0 Å². The lowest BCUT2D eigenvalue weighted by molar-refractivity contribution is 0.370. The number of benzene rings is 1. The number of hydrogen-bond donors (Lipinski definition) is 0. The van der Waals surface area contributed by atoms with Gasteiger partial charge in [-0.3, -0.25) is 4.98 Å². The van der Waals surface area contributed by atoms with Gasteiger partial charge in [0.15, 0.2) is 5.82 Å². The molecule has 1 saturated heterocycles. The van der Waals surface area contributed by atoms with E-state index in [2.05, 4.69) is 15.2 Å². The molecule has 3 heterocycles. The number of nitrogens with zero attached hydrogens (tertiary/aromatic N) is 5. The van der Waals surface area contributed by atoms with Gasteiger partial charge in [-0.05, 0) is 36.4 Å². The number of pyridine rings is 1. The normalized spacial score (nSPS) is 15.0. The van der Waals surface area contributed by atoms with Gasteiger partial charge in [-0.25, -0.2) is 8.42 Å². The lowest BCUT2D eigenvalue weighted by Crippen LogP contribution is -2.49. The molecule has 0 unspecified atom stereocenters. The second-order valence-electron chi connectivity index (χ2n) is 6.93. The van der Waals surface area contributed by atoms with E-state index in [1.165, 1.54) is 24.6 Å². The molecule has 0 radical (unpaired) electrons. The van der Waals surface area contributed by atoms with Gasteiger partial charge < -0.3 is 14.4 Å². The number of anilines is 1. The molecule has 0 spiro atoms. The molecule has 1 aliphatic rings. The molecule has 0 saturated carbocycles. The molecule has 10 heteroatoms. The summed E-state index contributed by atoms with van der Waals surface area (Å²) >= 11 is 0. The fourth-order valence-electron chi connectivity index (χ4n) is 3.44. The summed E-state index contributed by atoms with van der Waals surface area (Å²) in [6, 6.07) is 12.3. The maximum Gasteiger partial charge on any atom is 0.247 e. The van der Waals surface area contributed by atoms with Crippen LogP contribution in [0.25, 0.3) is 11.3 Å². The van der Waals surface area contributed by atoms with E-state index in [0.717, 1.165) is 11.3 Å². The van der Waals surface area contributed by atoms with E-state index in [9.17, 15) is 8.42 Å². The first-order chi connectivity index (χ1) is 15.0. The topological polar surface area (TPSA) is 97.8 Å². The number of methoxy groups -OCH3 is 2. The van der Waals surface area contributed by atoms with Crippen LogP contribution in [0.15, 0.2) is 59.8 Å². The molecule has 162 valence electrons. The van der Waals surface area contributed by atoms with Gasteiger partial charge in [-0.2, -0.15) is 4.31 Å². The van der Waals surface area contributed by atoms with Crippen molar-refractivity contribution in [3.63, 3.8) is 0 Å². The summed E-state index contributed by atoms with van der Waals surface area (Å²) in [5.74, 6) is 1.46. The first-order valence-electron chi connectivity index (χ1n) is 9.74. The molecule has 1 fully saturated rings. The molecule has 1 aliphatic heterocycles. The number of sulfonamides is 1. The highest BCUT2D eigenvalue weighted by molar-refractivity contribution is 7.89. The van der Waals surface area contributed by atoms with Crippen molar-refractivity contribution in [1.29, 1.82) is 0 Å². The van der Waals surface area contributed by atoms with E-state index in [-0.39, 0.29) is 4.90 Å². The van der Waals surface area contributed by atoms with E-state index < -0.39 is 10.0 Å². The Balaban J connectivity index is 1.47. The van der Waals surface area contributed by atoms with Crippen LogP contribution in [0.3, 0.4) is 0 Å². The highest BCUT2D eigenvalue weighted by atomic mass is 32.2. The fraction of sp³-hybridized carbons (Fsp3) is 0.286. The minimum absolute atomic E-state index is 0.100. The van der Waals surface area contributed by atoms with Crippen LogP contribution in [0.1, 0.15) is 0 Å². The Morgan fingerprint density at radius 1 is 0.935 bits per heavy atom. The van der Waals surface area contributed by atoms with Gasteiger partial charge in [0.25, 0.3) is 0 Å². The Morgan fingerprint density at radius 2 is 1.74 bits per heavy atom. The third kappa shape index (κ3) is 4.30. The maximum atomic E-state index is 13.2. The molecule has 31 heavy (non-hydrogen) atoms. The molecular weight excluding hydrogens is 418 g/mol. The lowest BCUT2D eigenvalue weighted by Gasteiger charge is -2.34. The van der Waals surface area contributed by atoms with Crippen LogP contribution in [-0.4, -0.2) is 68.3 Å². The summed E-state index contributed by atoms with van der Waals surface area (Å²) in [6.07, 6.45) is 3.44. The summed E-state index contributed by atoms with van der Waals surface area (Å²) < 4.78 is 38.3. The zero-order valence-corrected chi connectivity index (χ0v) is 18.1. The maximum absolute atomic E-state index is 13.2. The van der Waals surface area contributed by atoms with E-state index in [0.29, 0.717) is 43.5 Å². The molecule has 0 atom stereocenters. The van der Waals surface area contributed by atoms with E-state index in [1.807, 2.05) is 29.2 Å². The minimum Gasteiger partial charge on any atom is -0.497 e. The smallest absolute Gasteiger partial charge is 0.247 e. The van der Waals surface area contributed by atoms with Crippen LogP contribution < -0.4 is 14.4 Å². The Kier molecular flexibility index (Phi) is 6.01. The van der Waals surface area contributed by atoms with E-state index >= 15 is 0 Å². The Hall–Kier alpha value is -3.24. The van der Waals surface area contributed by atoms with Crippen molar-refractivity contribution in [2.24, 2.45) is 0 Å². The van der Waals surface area contributed by atoms with Crippen molar-refractivity contribution in [2.75, 3.05) is 45.3 Å². The average Bonchev–Trinajstić information content (AvgIpc) is 2.84. The Bertz CT molecular complexity index is 1130. The van der Waals surface area contributed by atoms with Gasteiger partial charge in [0.2, 0.25) is 10.0 Å². The van der Waals surface area contributed by atoms with Gasteiger partial charge in [0, 0.05) is 50.2 Å². The standard InChI is InChI=1S/C21H23N5O4S/c1-29-17-5-7-19(30-2)20(14-17)31(27,28)26-12-10-25(11-13-26)21-8-6-18(23-24-21)16-4-3-9-22-15-16/h3-9,14-15H,10-13H2,1-2H3. The molecule has 4 rings (SSSR count). The summed E-state index contributed by atoms with van der Waals surface area (Å²) in [5, 5.41) is 8.61. The monoisotopic (exact) mass is 441 g/mol. The summed E-state index contributed by atoms with van der Waals surface area (Å²) in [6.45, 7) is 1.67. The molecule has 3 aromatic rings. The van der Waals surface area contributed by atoms with Crippen molar-refractivity contribution in [3.05, 3.63) is 54.9 Å². The summed E-state index contributed by atoms with van der Waals surface area (Å²) in [5.41, 5.74) is 1.63. The number of aromatic nitrogens is 3. The number of piperazine rings is 1. The molecule has 0 bridgehead atoms. The van der Waals surface area contributed by atoms with Crippen molar-refractivity contribution in [2.45, 2.75) is 4.90 Å². The minimum atomic E-state index is -3.73. The highest BCUT2D eigenvalue weighted by Crippen LogP contribution is 2.31. The van der Waals surface area contributed by atoms with Crippen LogP contribution in [0.2, 0.25) is 0 Å². The van der Waals surface area contributed by atoms with Crippen LogP contribution in [-0.2, 0) is 10.0 Å². The fourth-order valence-corrected chi connectivity index (χ4v) is 5.04. The van der Waals surface area contributed by atoms with E-state index in [4.69, 9.17) is 9.47 Å². The zero-order valence-electron chi connectivity index (χ0n) is 17.3. The van der Waals surface area contributed by atoms with Crippen molar-refractivity contribution >= 4 is 15.8 Å². The quantitative estimate of drug-likeness (QED) is 0.573. The van der Waals surface area contributed by atoms with Gasteiger partial charge in [-0.1, -0.05) is 0 Å². The first-order valence-corrected chi connectivity index (χ1v) is 11.2. The molecule has 0 N–H and O–H groups in total. The van der Waals surface area contributed by atoms with Crippen molar-refractivity contribution in [3.8, 4) is 22.8 Å². The number of hydrogen-bond acceptors (Lipinski definition) is 8. The molecule has 1 aromatic carbocycles. The van der Waals surface area contributed by atoms with Crippen molar-refractivity contribution in [1.82, 2.24) is 19.5 Å². The number of ether oxygens (including phenoxy) is 2. The third-order valence-electron chi connectivity index (χ3n) is 5.16. The van der Waals surface area contributed by atoms with E-state index in [1.54, 1.807) is 24.5 Å². The van der Waals surface area contributed by atoms with Crippen LogP contribution in [0, 0.1) is 0 Å². The molecular formula is C21H23N5O4S. The van der Waals surface area contributed by atoms with Crippen LogP contribution in [0.5, 0.6) is 11.5 Å². The highest BCUT2D eigenvalue weighted by Gasteiger charge is 2.31.